The van der Waals surface area contributed by atoms with Crippen LogP contribution in [0.15, 0.2) is 54.6 Å². The monoisotopic (exact) mass is 371 g/mol. The van der Waals surface area contributed by atoms with Crippen LogP contribution in [-0.4, -0.2) is 18.0 Å². The largest absolute Gasteiger partial charge is 0.449 e. The van der Waals surface area contributed by atoms with E-state index >= 15 is 0 Å². The number of hydrogen-bond acceptors (Lipinski definition) is 3. The number of halogens is 1. The molecule has 136 valence electrons. The Bertz CT molecular complexity index is 797. The standard InChI is InChI=1S/C21H22ClNO3/c1-14(2)17-11-8-16(9-12-17)10-13-20(24)26-15(3)21(25)23-19-7-5-4-6-18(19)22/h4-15H,1-3H3,(H,23,25)/b13-10+/t15-/m0/s1. The smallest absolute Gasteiger partial charge is 0.331 e. The highest BCUT2D eigenvalue weighted by Gasteiger charge is 2.17. The zero-order chi connectivity index (χ0) is 19.1. The summed E-state index contributed by atoms with van der Waals surface area (Å²) in [4.78, 5) is 24.0. The van der Waals surface area contributed by atoms with Crippen molar-refractivity contribution in [2.24, 2.45) is 0 Å². The molecule has 2 aromatic rings. The molecule has 1 amide bonds. The summed E-state index contributed by atoms with van der Waals surface area (Å²) in [6.07, 6.45) is 2.03. The van der Waals surface area contributed by atoms with Crippen LogP contribution < -0.4 is 5.32 Å². The van der Waals surface area contributed by atoms with Crippen LogP contribution in [0.2, 0.25) is 5.02 Å². The van der Waals surface area contributed by atoms with Crippen LogP contribution >= 0.6 is 11.6 Å². The van der Waals surface area contributed by atoms with Gasteiger partial charge < -0.3 is 10.1 Å². The molecule has 0 aliphatic rings. The molecule has 0 unspecified atom stereocenters. The maximum Gasteiger partial charge on any atom is 0.331 e. The lowest BCUT2D eigenvalue weighted by molar-refractivity contribution is -0.148. The fraction of sp³-hybridized carbons (Fsp3) is 0.238. The molecule has 1 atom stereocenters. The van der Waals surface area contributed by atoms with E-state index in [9.17, 15) is 9.59 Å². The first kappa shape index (κ1) is 19.7. The van der Waals surface area contributed by atoms with E-state index < -0.39 is 18.0 Å². The summed E-state index contributed by atoms with van der Waals surface area (Å²) in [5.41, 5.74) is 2.59. The number of carbonyl (C=O) groups is 2. The summed E-state index contributed by atoms with van der Waals surface area (Å²) in [6.45, 7) is 5.75. The van der Waals surface area contributed by atoms with Crippen molar-refractivity contribution in [1.29, 1.82) is 0 Å². The molecule has 0 radical (unpaired) electrons. The van der Waals surface area contributed by atoms with Crippen molar-refractivity contribution in [3.63, 3.8) is 0 Å². The third-order valence-electron chi connectivity index (χ3n) is 3.81. The van der Waals surface area contributed by atoms with Crippen LogP contribution in [0, 0.1) is 0 Å². The molecule has 0 saturated carbocycles. The van der Waals surface area contributed by atoms with Gasteiger partial charge in [0.05, 0.1) is 10.7 Å². The molecule has 2 rings (SSSR count). The van der Waals surface area contributed by atoms with Crippen molar-refractivity contribution < 1.29 is 14.3 Å². The van der Waals surface area contributed by atoms with Gasteiger partial charge in [-0.15, -0.1) is 0 Å². The van der Waals surface area contributed by atoms with Gasteiger partial charge in [0.2, 0.25) is 0 Å². The third-order valence-corrected chi connectivity index (χ3v) is 4.14. The van der Waals surface area contributed by atoms with Crippen LogP contribution in [0.3, 0.4) is 0 Å². The molecule has 26 heavy (non-hydrogen) atoms. The molecular weight excluding hydrogens is 350 g/mol. The predicted octanol–water partition coefficient (Wildman–Crippen LogP) is 5.05. The number of carbonyl (C=O) groups excluding carboxylic acids is 2. The first-order valence-electron chi connectivity index (χ1n) is 8.41. The van der Waals surface area contributed by atoms with Gasteiger partial charge in [0, 0.05) is 6.08 Å². The molecule has 4 nitrogen and oxygen atoms in total. The Kier molecular flexibility index (Phi) is 6.98. The fourth-order valence-electron chi connectivity index (χ4n) is 2.22. The quantitative estimate of drug-likeness (QED) is 0.571. The molecule has 0 aromatic heterocycles. The number of amides is 1. The van der Waals surface area contributed by atoms with Gasteiger partial charge in [-0.05, 0) is 42.2 Å². The average molecular weight is 372 g/mol. The Morgan fingerprint density at radius 3 is 2.31 bits per heavy atom. The van der Waals surface area contributed by atoms with Crippen LogP contribution in [0.1, 0.15) is 37.8 Å². The van der Waals surface area contributed by atoms with Gasteiger partial charge in [-0.1, -0.05) is 61.8 Å². The number of ether oxygens (including phenoxy) is 1. The molecule has 0 bridgehead atoms. The van der Waals surface area contributed by atoms with Crippen molar-refractivity contribution in [1.82, 2.24) is 0 Å². The average Bonchev–Trinajstić information content (AvgIpc) is 2.62. The van der Waals surface area contributed by atoms with E-state index in [1.165, 1.54) is 18.6 Å². The Hall–Kier alpha value is -2.59. The highest BCUT2D eigenvalue weighted by Crippen LogP contribution is 2.20. The van der Waals surface area contributed by atoms with Gasteiger partial charge in [-0.2, -0.15) is 0 Å². The maximum atomic E-state index is 12.1. The summed E-state index contributed by atoms with van der Waals surface area (Å²) in [5, 5.41) is 3.05. The second kappa shape index (κ2) is 9.20. The Morgan fingerprint density at radius 2 is 1.69 bits per heavy atom. The summed E-state index contributed by atoms with van der Waals surface area (Å²) in [5.74, 6) is -0.573. The summed E-state index contributed by atoms with van der Waals surface area (Å²) in [7, 11) is 0. The molecule has 0 heterocycles. The highest BCUT2D eigenvalue weighted by atomic mass is 35.5. The minimum absolute atomic E-state index is 0.420. The lowest BCUT2D eigenvalue weighted by Crippen LogP contribution is -2.29. The first-order valence-corrected chi connectivity index (χ1v) is 8.78. The van der Waals surface area contributed by atoms with Crippen LogP contribution in [-0.2, 0) is 14.3 Å². The molecule has 0 aliphatic heterocycles. The minimum Gasteiger partial charge on any atom is -0.449 e. The van der Waals surface area contributed by atoms with E-state index in [-0.39, 0.29) is 0 Å². The number of para-hydroxylation sites is 1. The SMILES string of the molecule is CC(C)c1ccc(/C=C/C(=O)O[C@@H](C)C(=O)Nc2ccccc2Cl)cc1. The van der Waals surface area contributed by atoms with Crippen molar-refractivity contribution in [3.8, 4) is 0 Å². The molecule has 0 saturated heterocycles. The Labute approximate surface area is 158 Å². The second-order valence-corrected chi connectivity index (χ2v) is 6.61. The van der Waals surface area contributed by atoms with Crippen LogP contribution in [0.25, 0.3) is 6.08 Å². The topological polar surface area (TPSA) is 55.4 Å². The van der Waals surface area contributed by atoms with E-state index in [1.54, 1.807) is 30.3 Å². The van der Waals surface area contributed by atoms with E-state index in [0.717, 1.165) is 5.56 Å². The van der Waals surface area contributed by atoms with Crippen LogP contribution in [0.5, 0.6) is 0 Å². The lowest BCUT2D eigenvalue weighted by Gasteiger charge is -2.13. The fourth-order valence-corrected chi connectivity index (χ4v) is 2.40. The molecule has 0 fully saturated rings. The molecule has 1 N–H and O–H groups in total. The number of benzene rings is 2. The van der Waals surface area contributed by atoms with E-state index in [2.05, 4.69) is 19.2 Å². The highest BCUT2D eigenvalue weighted by molar-refractivity contribution is 6.33. The van der Waals surface area contributed by atoms with Gasteiger partial charge in [-0.3, -0.25) is 4.79 Å². The number of nitrogens with one attached hydrogen (secondary N) is 1. The third kappa shape index (κ3) is 5.74. The van der Waals surface area contributed by atoms with Gasteiger partial charge in [0.15, 0.2) is 6.10 Å². The Balaban J connectivity index is 1.89. The van der Waals surface area contributed by atoms with Gasteiger partial charge in [-0.25, -0.2) is 4.79 Å². The van der Waals surface area contributed by atoms with Gasteiger partial charge in [0.25, 0.3) is 5.91 Å². The van der Waals surface area contributed by atoms with Crippen molar-refractivity contribution in [3.05, 3.63) is 70.8 Å². The predicted molar refractivity (Wildman–Crippen MR) is 105 cm³/mol. The van der Waals surface area contributed by atoms with Gasteiger partial charge >= 0.3 is 5.97 Å². The Morgan fingerprint density at radius 1 is 1.04 bits per heavy atom. The molecule has 0 spiro atoms. The molecule has 5 heteroatoms. The maximum absolute atomic E-state index is 12.1. The zero-order valence-corrected chi connectivity index (χ0v) is 15.8. The molecule has 2 aromatic carbocycles. The first-order chi connectivity index (χ1) is 12.4. The summed E-state index contributed by atoms with van der Waals surface area (Å²) in [6, 6.07) is 14.8. The van der Waals surface area contributed by atoms with Crippen LogP contribution in [0.4, 0.5) is 5.69 Å². The van der Waals surface area contributed by atoms with Crippen molar-refractivity contribution >= 4 is 35.2 Å². The number of anilines is 1. The summed E-state index contributed by atoms with van der Waals surface area (Å²) < 4.78 is 5.13. The normalized spacial score (nSPS) is 12.2. The molecule has 0 aliphatic carbocycles. The zero-order valence-electron chi connectivity index (χ0n) is 15.0. The van der Waals surface area contributed by atoms with Crippen molar-refractivity contribution in [2.75, 3.05) is 5.32 Å². The minimum atomic E-state index is -0.938. The summed E-state index contributed by atoms with van der Waals surface area (Å²) >= 11 is 5.99. The van der Waals surface area contributed by atoms with E-state index in [0.29, 0.717) is 16.6 Å². The number of esters is 1. The lowest BCUT2D eigenvalue weighted by atomic mass is 10.0. The number of rotatable bonds is 6. The van der Waals surface area contributed by atoms with Gasteiger partial charge in [0.1, 0.15) is 0 Å². The van der Waals surface area contributed by atoms with Crippen molar-refractivity contribution in [2.45, 2.75) is 32.8 Å². The van der Waals surface area contributed by atoms with E-state index in [4.69, 9.17) is 16.3 Å². The number of hydrogen-bond donors (Lipinski definition) is 1. The van der Waals surface area contributed by atoms with E-state index in [1.807, 2.05) is 24.3 Å². The second-order valence-electron chi connectivity index (χ2n) is 6.20. The molecular formula is C21H22ClNO3.